The molecule has 25 heavy (non-hydrogen) atoms. The van der Waals surface area contributed by atoms with Crippen LogP contribution in [0.3, 0.4) is 0 Å². The highest BCUT2D eigenvalue weighted by molar-refractivity contribution is 5.97. The zero-order valence-corrected chi connectivity index (χ0v) is 13.5. The third-order valence-corrected chi connectivity index (χ3v) is 3.34. The van der Waals surface area contributed by atoms with Gasteiger partial charge in [-0.1, -0.05) is 6.07 Å². The van der Waals surface area contributed by atoms with Crippen LogP contribution in [0, 0.1) is 10.1 Å². The Bertz CT molecular complexity index is 937. The van der Waals surface area contributed by atoms with Gasteiger partial charge in [-0.05, 0) is 26.0 Å². The molecule has 2 aromatic heterocycles. The molecule has 3 aromatic rings. The summed E-state index contributed by atoms with van der Waals surface area (Å²) in [5, 5.41) is 11.0. The van der Waals surface area contributed by atoms with Gasteiger partial charge in [0.2, 0.25) is 0 Å². The van der Waals surface area contributed by atoms with Crippen LogP contribution in [0.25, 0.3) is 11.2 Å². The fraction of sp³-hybridized carbons (Fsp3) is 0.188. The van der Waals surface area contributed by atoms with E-state index in [1.807, 2.05) is 0 Å². The lowest BCUT2D eigenvalue weighted by molar-refractivity contribution is -0.384. The molecule has 0 unspecified atom stereocenters. The third kappa shape index (κ3) is 3.39. The number of carbonyl (C=O) groups excluding carboxylic acids is 1. The molecule has 1 N–H and O–H groups in total. The molecule has 2 heterocycles. The van der Waals surface area contributed by atoms with Crippen LogP contribution in [0.5, 0.6) is 0 Å². The topological polar surface area (TPSA) is 114 Å². The fourth-order valence-corrected chi connectivity index (χ4v) is 2.30. The van der Waals surface area contributed by atoms with Crippen molar-refractivity contribution in [1.29, 1.82) is 0 Å². The molecule has 1 aromatic carbocycles. The van der Waals surface area contributed by atoms with Gasteiger partial charge in [0.25, 0.3) is 5.69 Å². The number of amides is 1. The summed E-state index contributed by atoms with van der Waals surface area (Å²) in [6, 6.07) is 7.43. The van der Waals surface area contributed by atoms with E-state index in [2.05, 4.69) is 15.0 Å². The highest BCUT2D eigenvalue weighted by atomic mass is 16.6. The zero-order valence-electron chi connectivity index (χ0n) is 13.5. The van der Waals surface area contributed by atoms with E-state index < -0.39 is 11.0 Å². The van der Waals surface area contributed by atoms with Crippen LogP contribution >= 0.6 is 0 Å². The van der Waals surface area contributed by atoms with E-state index in [0.717, 1.165) is 0 Å². The molecule has 3 rings (SSSR count). The molecule has 1 amide bonds. The number of aromatic amines is 1. The third-order valence-electron chi connectivity index (χ3n) is 3.34. The Kier molecular flexibility index (Phi) is 4.29. The van der Waals surface area contributed by atoms with Crippen molar-refractivity contribution in [1.82, 2.24) is 15.0 Å². The second kappa shape index (κ2) is 6.56. The molecule has 9 nitrogen and oxygen atoms in total. The van der Waals surface area contributed by atoms with Gasteiger partial charge in [-0.15, -0.1) is 0 Å². The van der Waals surface area contributed by atoms with Crippen LogP contribution in [0.1, 0.15) is 13.8 Å². The van der Waals surface area contributed by atoms with Crippen LogP contribution in [0.15, 0.2) is 42.9 Å². The van der Waals surface area contributed by atoms with Crippen molar-refractivity contribution < 1.29 is 14.5 Å². The SMILES string of the molecule is CC(C)OC(=O)N(c1cccc([N+](=O)[O-])c1)c1cnc2nc[nH]c2c1. The number of rotatable bonds is 4. The van der Waals surface area contributed by atoms with Gasteiger partial charge in [-0.2, -0.15) is 0 Å². The molecule has 0 saturated heterocycles. The Morgan fingerprint density at radius 1 is 1.28 bits per heavy atom. The Labute approximate surface area is 142 Å². The molecule has 0 atom stereocenters. The average Bonchev–Trinajstić information content (AvgIpc) is 3.02. The van der Waals surface area contributed by atoms with E-state index in [1.54, 1.807) is 26.0 Å². The van der Waals surface area contributed by atoms with Gasteiger partial charge < -0.3 is 9.72 Å². The zero-order chi connectivity index (χ0) is 18.0. The van der Waals surface area contributed by atoms with Gasteiger partial charge >= 0.3 is 6.09 Å². The molecule has 9 heteroatoms. The monoisotopic (exact) mass is 341 g/mol. The van der Waals surface area contributed by atoms with E-state index in [1.165, 1.54) is 35.6 Å². The van der Waals surface area contributed by atoms with Crippen LogP contribution < -0.4 is 4.90 Å². The lowest BCUT2D eigenvalue weighted by atomic mass is 10.2. The van der Waals surface area contributed by atoms with Crippen molar-refractivity contribution >= 4 is 34.3 Å². The summed E-state index contributed by atoms with van der Waals surface area (Å²) in [7, 11) is 0. The van der Waals surface area contributed by atoms with Crippen molar-refractivity contribution in [3.63, 3.8) is 0 Å². The largest absolute Gasteiger partial charge is 0.446 e. The number of anilines is 2. The van der Waals surface area contributed by atoms with Crippen molar-refractivity contribution in [3.05, 3.63) is 53.0 Å². The molecule has 0 spiro atoms. The number of pyridine rings is 1. The Morgan fingerprint density at radius 3 is 2.80 bits per heavy atom. The highest BCUT2D eigenvalue weighted by Crippen LogP contribution is 2.30. The molecule has 0 bridgehead atoms. The predicted molar refractivity (Wildman–Crippen MR) is 90.7 cm³/mol. The molecule has 0 radical (unpaired) electrons. The minimum atomic E-state index is -0.656. The highest BCUT2D eigenvalue weighted by Gasteiger charge is 2.23. The number of benzene rings is 1. The number of aromatic nitrogens is 3. The molecule has 0 aliphatic carbocycles. The fourth-order valence-electron chi connectivity index (χ4n) is 2.30. The number of H-pyrrole nitrogens is 1. The summed E-state index contributed by atoms with van der Waals surface area (Å²) >= 11 is 0. The second-order valence-electron chi connectivity index (χ2n) is 5.51. The first kappa shape index (κ1) is 16.4. The molecule has 0 fully saturated rings. The maximum atomic E-state index is 12.6. The summed E-state index contributed by atoms with van der Waals surface area (Å²) in [5.74, 6) is 0. The van der Waals surface area contributed by atoms with Crippen molar-refractivity contribution in [2.24, 2.45) is 0 Å². The van der Waals surface area contributed by atoms with Crippen molar-refractivity contribution in [3.8, 4) is 0 Å². The summed E-state index contributed by atoms with van der Waals surface area (Å²) in [5.41, 5.74) is 1.71. The first-order valence-corrected chi connectivity index (χ1v) is 7.50. The number of nitrogens with one attached hydrogen (secondary N) is 1. The Hall–Kier alpha value is -3.49. The Balaban J connectivity index is 2.10. The number of carbonyl (C=O) groups is 1. The number of fused-ring (bicyclic) bond motifs is 1. The first-order chi connectivity index (χ1) is 12.0. The van der Waals surface area contributed by atoms with E-state index >= 15 is 0 Å². The molecule has 0 aliphatic rings. The van der Waals surface area contributed by atoms with E-state index in [4.69, 9.17) is 4.74 Å². The number of non-ortho nitro benzene ring substituents is 1. The van der Waals surface area contributed by atoms with Crippen LogP contribution in [-0.2, 0) is 4.74 Å². The summed E-state index contributed by atoms with van der Waals surface area (Å²) < 4.78 is 5.28. The van der Waals surface area contributed by atoms with Gasteiger partial charge in [-0.3, -0.25) is 10.1 Å². The minimum absolute atomic E-state index is 0.129. The number of nitrogens with zero attached hydrogens (tertiary/aromatic N) is 4. The normalized spacial score (nSPS) is 10.8. The number of nitro benzene ring substituents is 1. The van der Waals surface area contributed by atoms with Gasteiger partial charge in [0.1, 0.15) is 0 Å². The lowest BCUT2D eigenvalue weighted by Gasteiger charge is -2.23. The van der Waals surface area contributed by atoms with E-state index in [0.29, 0.717) is 22.5 Å². The number of nitro groups is 1. The maximum Gasteiger partial charge on any atom is 0.419 e. The smallest absolute Gasteiger partial charge is 0.419 e. The standard InChI is InChI=1S/C16H15N5O4/c1-10(2)25-16(22)20(11-4-3-5-12(6-11)21(23)24)13-7-14-15(17-8-13)19-9-18-14/h3-10H,1-2H3,(H,17,18,19). The van der Waals surface area contributed by atoms with Gasteiger partial charge in [0, 0.05) is 12.1 Å². The number of imidazole rings is 1. The molecular weight excluding hydrogens is 326 g/mol. The Morgan fingerprint density at radius 2 is 2.08 bits per heavy atom. The second-order valence-corrected chi connectivity index (χ2v) is 5.51. The number of hydrogen-bond acceptors (Lipinski definition) is 6. The maximum absolute atomic E-state index is 12.6. The van der Waals surface area contributed by atoms with Gasteiger partial charge in [-0.25, -0.2) is 19.7 Å². The summed E-state index contributed by atoms with van der Waals surface area (Å²) in [6.45, 7) is 3.44. The van der Waals surface area contributed by atoms with Crippen LogP contribution in [0.2, 0.25) is 0 Å². The van der Waals surface area contributed by atoms with Crippen LogP contribution in [-0.4, -0.2) is 32.1 Å². The van der Waals surface area contributed by atoms with Crippen LogP contribution in [0.4, 0.5) is 21.9 Å². The minimum Gasteiger partial charge on any atom is -0.446 e. The molecule has 128 valence electrons. The summed E-state index contributed by atoms with van der Waals surface area (Å²) in [4.78, 5) is 35.5. The van der Waals surface area contributed by atoms with Gasteiger partial charge in [0.05, 0.1) is 40.4 Å². The molecule has 0 saturated carbocycles. The van der Waals surface area contributed by atoms with E-state index in [-0.39, 0.29) is 11.8 Å². The average molecular weight is 341 g/mol. The van der Waals surface area contributed by atoms with Gasteiger partial charge in [0.15, 0.2) is 5.65 Å². The quantitative estimate of drug-likeness (QED) is 0.573. The van der Waals surface area contributed by atoms with Crippen molar-refractivity contribution in [2.75, 3.05) is 4.90 Å². The summed E-state index contributed by atoms with van der Waals surface area (Å²) in [6.07, 6.45) is 1.95. The predicted octanol–water partition coefficient (Wildman–Crippen LogP) is 3.55. The molecular formula is C16H15N5O4. The van der Waals surface area contributed by atoms with E-state index in [9.17, 15) is 14.9 Å². The lowest BCUT2D eigenvalue weighted by Crippen LogP contribution is -2.29. The number of ether oxygens (including phenoxy) is 1. The first-order valence-electron chi connectivity index (χ1n) is 7.50. The number of hydrogen-bond donors (Lipinski definition) is 1. The van der Waals surface area contributed by atoms with Crippen molar-refractivity contribution in [2.45, 2.75) is 20.0 Å². The molecule has 0 aliphatic heterocycles.